The van der Waals surface area contributed by atoms with Crippen LogP contribution >= 0.6 is 15.9 Å². The van der Waals surface area contributed by atoms with Crippen LogP contribution in [0, 0.1) is 6.92 Å². The lowest BCUT2D eigenvalue weighted by Crippen LogP contribution is -2.20. The summed E-state index contributed by atoms with van der Waals surface area (Å²) in [7, 11) is 1.97. The van der Waals surface area contributed by atoms with Crippen LogP contribution in [0.2, 0.25) is 0 Å². The minimum absolute atomic E-state index is 0.327. The van der Waals surface area contributed by atoms with Gasteiger partial charge in [-0.15, -0.1) is 0 Å². The van der Waals surface area contributed by atoms with Crippen LogP contribution in [0.3, 0.4) is 0 Å². The summed E-state index contributed by atoms with van der Waals surface area (Å²) in [6.07, 6.45) is 0. The maximum atomic E-state index is 4.39. The topological polar surface area (TPSA) is 29.9 Å². The van der Waals surface area contributed by atoms with Gasteiger partial charge in [0.25, 0.3) is 0 Å². The standard InChI is InChI=1S/C14H18BrN3/c1-10(12-7-5-4-6-8-12)16-9-13-14(15)11(2)17-18(13)3/h4-8,10,16H,9H2,1-3H3/t10-/m0/s1. The van der Waals surface area contributed by atoms with E-state index in [1.807, 2.05) is 24.7 Å². The second-order valence-corrected chi connectivity index (χ2v) is 5.28. The van der Waals surface area contributed by atoms with Gasteiger partial charge < -0.3 is 5.32 Å². The van der Waals surface area contributed by atoms with Crippen LogP contribution < -0.4 is 5.32 Å². The van der Waals surface area contributed by atoms with Gasteiger partial charge in [0, 0.05) is 19.6 Å². The molecule has 0 radical (unpaired) electrons. The van der Waals surface area contributed by atoms with Crippen molar-refractivity contribution < 1.29 is 0 Å². The largest absolute Gasteiger partial charge is 0.305 e. The van der Waals surface area contributed by atoms with Crippen LogP contribution in [0.1, 0.15) is 29.9 Å². The lowest BCUT2D eigenvalue weighted by atomic mass is 10.1. The summed E-state index contributed by atoms with van der Waals surface area (Å²) in [4.78, 5) is 0. The van der Waals surface area contributed by atoms with E-state index in [0.717, 1.165) is 16.7 Å². The molecule has 0 aliphatic heterocycles. The molecule has 0 saturated carbocycles. The lowest BCUT2D eigenvalue weighted by Gasteiger charge is -2.14. The summed E-state index contributed by atoms with van der Waals surface area (Å²) < 4.78 is 3.02. The van der Waals surface area contributed by atoms with Crippen LogP contribution in [0.15, 0.2) is 34.8 Å². The number of hydrogen-bond donors (Lipinski definition) is 1. The third kappa shape index (κ3) is 2.82. The number of halogens is 1. The van der Waals surface area contributed by atoms with Crippen molar-refractivity contribution >= 4 is 15.9 Å². The number of aromatic nitrogens is 2. The number of nitrogens with one attached hydrogen (secondary N) is 1. The number of benzene rings is 1. The molecular formula is C14H18BrN3. The summed E-state index contributed by atoms with van der Waals surface area (Å²) >= 11 is 3.58. The fraction of sp³-hybridized carbons (Fsp3) is 0.357. The maximum absolute atomic E-state index is 4.39. The van der Waals surface area contributed by atoms with Gasteiger partial charge in [0.1, 0.15) is 0 Å². The highest BCUT2D eigenvalue weighted by molar-refractivity contribution is 9.10. The van der Waals surface area contributed by atoms with E-state index in [0.29, 0.717) is 6.04 Å². The SMILES string of the molecule is Cc1nn(C)c(CN[C@@H](C)c2ccccc2)c1Br. The third-order valence-corrected chi connectivity index (χ3v) is 4.17. The molecule has 1 aromatic heterocycles. The molecule has 2 rings (SSSR count). The molecule has 1 N–H and O–H groups in total. The third-order valence-electron chi connectivity index (χ3n) is 3.14. The van der Waals surface area contributed by atoms with Crippen LogP contribution in [0.4, 0.5) is 0 Å². The zero-order valence-electron chi connectivity index (χ0n) is 10.9. The molecule has 3 nitrogen and oxygen atoms in total. The van der Waals surface area contributed by atoms with Crippen LogP contribution in [0.25, 0.3) is 0 Å². The van der Waals surface area contributed by atoms with E-state index in [9.17, 15) is 0 Å². The van der Waals surface area contributed by atoms with Crippen molar-refractivity contribution in [1.82, 2.24) is 15.1 Å². The predicted octanol–water partition coefficient (Wildman–Crippen LogP) is 3.34. The molecule has 96 valence electrons. The first-order valence-corrected chi connectivity index (χ1v) is 6.85. The normalized spacial score (nSPS) is 12.7. The molecule has 2 aromatic rings. The molecule has 18 heavy (non-hydrogen) atoms. The first kappa shape index (κ1) is 13.3. The van der Waals surface area contributed by atoms with Crippen molar-refractivity contribution in [2.24, 2.45) is 7.05 Å². The Morgan fingerprint density at radius 2 is 2.00 bits per heavy atom. The fourth-order valence-corrected chi connectivity index (χ4v) is 2.46. The Labute approximate surface area is 116 Å². The highest BCUT2D eigenvalue weighted by Crippen LogP contribution is 2.21. The molecule has 1 aromatic carbocycles. The maximum Gasteiger partial charge on any atom is 0.0739 e. The summed E-state index contributed by atoms with van der Waals surface area (Å²) in [5, 5.41) is 7.91. The molecule has 0 spiro atoms. The predicted molar refractivity (Wildman–Crippen MR) is 77.3 cm³/mol. The van der Waals surface area contributed by atoms with Gasteiger partial charge in [-0.3, -0.25) is 4.68 Å². The average Bonchev–Trinajstić information content (AvgIpc) is 2.62. The van der Waals surface area contributed by atoms with Gasteiger partial charge in [0.05, 0.1) is 15.9 Å². The molecule has 0 amide bonds. The van der Waals surface area contributed by atoms with Gasteiger partial charge >= 0.3 is 0 Å². The Morgan fingerprint density at radius 3 is 2.56 bits per heavy atom. The zero-order chi connectivity index (χ0) is 13.1. The quantitative estimate of drug-likeness (QED) is 0.939. The van der Waals surface area contributed by atoms with E-state index in [1.165, 1.54) is 11.3 Å². The van der Waals surface area contributed by atoms with Crippen molar-refractivity contribution in [3.63, 3.8) is 0 Å². The smallest absolute Gasteiger partial charge is 0.0739 e. The van der Waals surface area contributed by atoms with Crippen molar-refractivity contribution in [3.05, 3.63) is 51.8 Å². The van der Waals surface area contributed by atoms with Gasteiger partial charge in [0.15, 0.2) is 0 Å². The second-order valence-electron chi connectivity index (χ2n) is 4.48. The Hall–Kier alpha value is -1.13. The highest BCUT2D eigenvalue weighted by atomic mass is 79.9. The Bertz CT molecular complexity index is 519. The monoisotopic (exact) mass is 307 g/mol. The van der Waals surface area contributed by atoms with E-state index in [-0.39, 0.29) is 0 Å². The Balaban J connectivity index is 2.04. The van der Waals surface area contributed by atoms with E-state index in [1.54, 1.807) is 0 Å². The molecule has 0 unspecified atom stereocenters. The molecule has 0 aliphatic carbocycles. The molecule has 0 saturated heterocycles. The van der Waals surface area contributed by atoms with Gasteiger partial charge in [-0.25, -0.2) is 0 Å². The minimum Gasteiger partial charge on any atom is -0.305 e. The Kier molecular flexibility index (Phi) is 4.19. The van der Waals surface area contributed by atoms with Crippen molar-refractivity contribution in [1.29, 1.82) is 0 Å². The van der Waals surface area contributed by atoms with E-state index in [2.05, 4.69) is 57.5 Å². The van der Waals surface area contributed by atoms with Gasteiger partial charge in [-0.2, -0.15) is 5.10 Å². The van der Waals surface area contributed by atoms with Crippen molar-refractivity contribution in [2.45, 2.75) is 26.4 Å². The molecule has 0 aliphatic rings. The van der Waals surface area contributed by atoms with Gasteiger partial charge in [-0.05, 0) is 35.3 Å². The average molecular weight is 308 g/mol. The minimum atomic E-state index is 0.327. The lowest BCUT2D eigenvalue weighted by molar-refractivity contribution is 0.547. The zero-order valence-corrected chi connectivity index (χ0v) is 12.5. The second kappa shape index (κ2) is 5.67. The number of aryl methyl sites for hydroxylation is 2. The first-order valence-electron chi connectivity index (χ1n) is 6.06. The molecular weight excluding hydrogens is 290 g/mol. The summed E-state index contributed by atoms with van der Waals surface area (Å²) in [5.41, 5.74) is 3.50. The summed E-state index contributed by atoms with van der Waals surface area (Å²) in [6.45, 7) is 4.98. The fourth-order valence-electron chi connectivity index (χ4n) is 1.98. The molecule has 0 bridgehead atoms. The van der Waals surface area contributed by atoms with Crippen LogP contribution in [-0.4, -0.2) is 9.78 Å². The van der Waals surface area contributed by atoms with E-state index >= 15 is 0 Å². The highest BCUT2D eigenvalue weighted by Gasteiger charge is 2.11. The molecule has 1 atom stereocenters. The first-order chi connectivity index (χ1) is 8.59. The molecule has 1 heterocycles. The van der Waals surface area contributed by atoms with Crippen molar-refractivity contribution in [3.8, 4) is 0 Å². The Morgan fingerprint density at radius 1 is 1.33 bits per heavy atom. The number of hydrogen-bond acceptors (Lipinski definition) is 2. The van der Waals surface area contributed by atoms with Gasteiger partial charge in [0.2, 0.25) is 0 Å². The van der Waals surface area contributed by atoms with E-state index in [4.69, 9.17) is 0 Å². The number of nitrogens with zero attached hydrogens (tertiary/aromatic N) is 2. The van der Waals surface area contributed by atoms with Crippen molar-refractivity contribution in [2.75, 3.05) is 0 Å². The van der Waals surface area contributed by atoms with Crippen LogP contribution in [-0.2, 0) is 13.6 Å². The molecule has 0 fully saturated rings. The summed E-state index contributed by atoms with van der Waals surface area (Å²) in [6, 6.07) is 10.8. The van der Waals surface area contributed by atoms with Gasteiger partial charge in [-0.1, -0.05) is 30.3 Å². The van der Waals surface area contributed by atoms with Crippen LogP contribution in [0.5, 0.6) is 0 Å². The number of rotatable bonds is 4. The van der Waals surface area contributed by atoms with E-state index < -0.39 is 0 Å². The molecule has 4 heteroatoms. The summed E-state index contributed by atoms with van der Waals surface area (Å²) in [5.74, 6) is 0.